The summed E-state index contributed by atoms with van der Waals surface area (Å²) in [5.41, 5.74) is -0.591. The zero-order valence-electron chi connectivity index (χ0n) is 13.2. The number of carbonyl (C=O) groups excluding carboxylic acids is 2. The van der Waals surface area contributed by atoms with Gasteiger partial charge in [-0.3, -0.25) is 9.59 Å². The maximum atomic E-state index is 12.8. The molecule has 1 aliphatic heterocycles. The average Bonchev–Trinajstić information content (AvgIpc) is 2.57. The maximum absolute atomic E-state index is 12.8. The molecule has 1 heterocycles. The van der Waals surface area contributed by atoms with E-state index in [0.717, 1.165) is 35.7 Å². The van der Waals surface area contributed by atoms with Crippen molar-refractivity contribution in [1.29, 1.82) is 0 Å². The van der Waals surface area contributed by atoms with E-state index in [4.69, 9.17) is 0 Å². The van der Waals surface area contributed by atoms with E-state index >= 15 is 0 Å². The van der Waals surface area contributed by atoms with Gasteiger partial charge in [0, 0.05) is 36.1 Å². The van der Waals surface area contributed by atoms with Crippen molar-refractivity contribution in [3.8, 4) is 0 Å². The van der Waals surface area contributed by atoms with Crippen LogP contribution >= 0.6 is 55.4 Å². The molecule has 0 bridgehead atoms. The number of rotatable bonds is 2. The molecule has 0 radical (unpaired) electrons. The highest BCUT2D eigenvalue weighted by Crippen LogP contribution is 2.54. The highest BCUT2D eigenvalue weighted by molar-refractivity contribution is 9.10. The molecule has 2 nitrogen and oxygen atoms in total. The van der Waals surface area contributed by atoms with Gasteiger partial charge in [-0.2, -0.15) is 26.3 Å². The number of hydrogen-bond donors (Lipinski definition) is 0. The summed E-state index contributed by atoms with van der Waals surface area (Å²) in [5.74, 6) is -4.00. The standard InChI is InChI=1S/C16H6Br2F6O2S2/c17-7-4-10-9(3-6(7)12(25)15(19,20)21)28-11-5-14(18,2-1-8(11)27-10)13(26)16(22,23)24/h1-4H,5H2. The van der Waals surface area contributed by atoms with Gasteiger partial charge in [0.2, 0.25) is 0 Å². The first-order chi connectivity index (χ1) is 12.7. The van der Waals surface area contributed by atoms with Crippen LogP contribution in [0.4, 0.5) is 26.3 Å². The van der Waals surface area contributed by atoms with E-state index in [1.54, 1.807) is 0 Å². The van der Waals surface area contributed by atoms with Gasteiger partial charge < -0.3 is 0 Å². The molecule has 0 saturated carbocycles. The molecular weight excluding hydrogens is 562 g/mol. The predicted molar refractivity (Wildman–Crippen MR) is 99.7 cm³/mol. The molecule has 0 N–H and O–H groups in total. The first-order valence-electron chi connectivity index (χ1n) is 7.26. The smallest absolute Gasteiger partial charge is 0.288 e. The quantitative estimate of drug-likeness (QED) is 0.223. The molecule has 28 heavy (non-hydrogen) atoms. The minimum atomic E-state index is -5.06. The van der Waals surface area contributed by atoms with Crippen molar-refractivity contribution in [2.75, 3.05) is 0 Å². The van der Waals surface area contributed by atoms with Crippen LogP contribution in [0.3, 0.4) is 0 Å². The number of fused-ring (bicyclic) bond motifs is 1. The van der Waals surface area contributed by atoms with E-state index in [2.05, 4.69) is 31.9 Å². The highest BCUT2D eigenvalue weighted by Gasteiger charge is 2.52. The van der Waals surface area contributed by atoms with Gasteiger partial charge >= 0.3 is 12.4 Å². The number of alkyl halides is 7. The van der Waals surface area contributed by atoms with Crippen LogP contribution in [0, 0.1) is 0 Å². The fourth-order valence-electron chi connectivity index (χ4n) is 2.52. The molecule has 2 aliphatic rings. The Morgan fingerprint density at radius 3 is 2.18 bits per heavy atom. The number of halogens is 8. The number of ketones is 2. The molecule has 12 heteroatoms. The SMILES string of the molecule is O=C(c1cc2c(cc1Br)SC1=C(CC(Br)(C(=O)C(F)(F)F)C=C1)S2)C(F)(F)F. The van der Waals surface area contributed by atoms with E-state index in [-0.39, 0.29) is 10.9 Å². The van der Waals surface area contributed by atoms with Crippen molar-refractivity contribution in [2.24, 2.45) is 0 Å². The molecule has 0 aromatic heterocycles. The molecule has 1 unspecified atom stereocenters. The van der Waals surface area contributed by atoms with Crippen molar-refractivity contribution in [1.82, 2.24) is 0 Å². The largest absolute Gasteiger partial charge is 0.454 e. The summed E-state index contributed by atoms with van der Waals surface area (Å²) in [7, 11) is 0. The third kappa shape index (κ3) is 4.10. The Balaban J connectivity index is 1.94. The lowest BCUT2D eigenvalue weighted by Gasteiger charge is -2.31. The summed E-state index contributed by atoms with van der Waals surface area (Å²) in [5, 5.41) is 0. The summed E-state index contributed by atoms with van der Waals surface area (Å²) in [4.78, 5) is 25.1. The number of thioether (sulfide) groups is 2. The average molecular weight is 568 g/mol. The molecule has 3 rings (SSSR count). The third-order valence-electron chi connectivity index (χ3n) is 3.82. The molecular formula is C16H6Br2F6O2S2. The molecule has 1 aliphatic carbocycles. The molecule has 1 aromatic rings. The van der Waals surface area contributed by atoms with E-state index in [9.17, 15) is 35.9 Å². The summed E-state index contributed by atoms with van der Waals surface area (Å²) in [6, 6.07) is 2.41. The van der Waals surface area contributed by atoms with Gasteiger partial charge in [0.1, 0.15) is 4.32 Å². The van der Waals surface area contributed by atoms with E-state index in [0.29, 0.717) is 19.6 Å². The first-order valence-corrected chi connectivity index (χ1v) is 10.5. The van der Waals surface area contributed by atoms with Gasteiger partial charge in [-0.25, -0.2) is 0 Å². The van der Waals surface area contributed by atoms with Crippen molar-refractivity contribution in [3.05, 3.63) is 44.1 Å². The lowest BCUT2D eigenvalue weighted by molar-refractivity contribution is -0.172. The summed E-state index contributed by atoms with van der Waals surface area (Å²) >= 11 is 7.89. The zero-order valence-corrected chi connectivity index (χ0v) is 18.0. The zero-order chi connectivity index (χ0) is 21.1. The van der Waals surface area contributed by atoms with Crippen LogP contribution in [0.2, 0.25) is 0 Å². The number of carbonyl (C=O) groups is 2. The molecule has 1 atom stereocenters. The minimum Gasteiger partial charge on any atom is -0.288 e. The second-order valence-corrected chi connectivity index (χ2v) is 10.3. The van der Waals surface area contributed by atoms with E-state index < -0.39 is 33.8 Å². The van der Waals surface area contributed by atoms with Crippen molar-refractivity contribution < 1.29 is 35.9 Å². The summed E-state index contributed by atoms with van der Waals surface area (Å²) in [6.45, 7) is 0. The van der Waals surface area contributed by atoms with Gasteiger partial charge in [-0.05, 0) is 34.1 Å². The second kappa shape index (κ2) is 7.21. The van der Waals surface area contributed by atoms with Crippen LogP contribution in [-0.2, 0) is 4.79 Å². The Hall–Kier alpha value is -0.720. The maximum Gasteiger partial charge on any atom is 0.454 e. The Kier molecular flexibility index (Phi) is 5.66. The van der Waals surface area contributed by atoms with Crippen LogP contribution in [0.25, 0.3) is 0 Å². The Bertz CT molecular complexity index is 952. The van der Waals surface area contributed by atoms with Gasteiger partial charge in [-0.1, -0.05) is 45.5 Å². The van der Waals surface area contributed by atoms with Crippen LogP contribution in [0.1, 0.15) is 16.8 Å². The lowest BCUT2D eigenvalue weighted by Crippen LogP contribution is -2.41. The van der Waals surface area contributed by atoms with Crippen molar-refractivity contribution in [3.63, 3.8) is 0 Å². The van der Waals surface area contributed by atoms with Crippen LogP contribution in [-0.4, -0.2) is 28.2 Å². The lowest BCUT2D eigenvalue weighted by atomic mass is 9.95. The van der Waals surface area contributed by atoms with E-state index in [1.807, 2.05) is 0 Å². The third-order valence-corrected chi connectivity index (χ3v) is 7.96. The highest BCUT2D eigenvalue weighted by atomic mass is 79.9. The fraction of sp³-hybridized carbons (Fsp3) is 0.250. The van der Waals surface area contributed by atoms with Gasteiger partial charge in [0.25, 0.3) is 11.6 Å². The number of benzene rings is 1. The van der Waals surface area contributed by atoms with E-state index in [1.165, 1.54) is 12.1 Å². The van der Waals surface area contributed by atoms with Gasteiger partial charge in [-0.15, -0.1) is 0 Å². The van der Waals surface area contributed by atoms with Crippen LogP contribution < -0.4 is 0 Å². The van der Waals surface area contributed by atoms with Gasteiger partial charge in [0.15, 0.2) is 0 Å². The molecule has 0 spiro atoms. The molecule has 0 amide bonds. The Morgan fingerprint density at radius 2 is 1.61 bits per heavy atom. The number of hydrogen-bond acceptors (Lipinski definition) is 4. The Morgan fingerprint density at radius 1 is 1.00 bits per heavy atom. The number of Topliss-reactive ketones (excluding diaryl/α,β-unsaturated/α-hetero) is 2. The first kappa shape index (κ1) is 22.0. The Labute approximate surface area is 179 Å². The van der Waals surface area contributed by atoms with Crippen LogP contribution in [0.15, 0.2) is 48.4 Å². The molecule has 150 valence electrons. The van der Waals surface area contributed by atoms with Gasteiger partial charge in [0.05, 0.1) is 0 Å². The summed E-state index contributed by atoms with van der Waals surface area (Å²) in [6.07, 6.45) is -7.93. The fourth-order valence-corrected chi connectivity index (χ4v) is 6.49. The minimum absolute atomic E-state index is 0.0346. The molecule has 0 saturated heterocycles. The van der Waals surface area contributed by atoms with Crippen LogP contribution in [0.5, 0.6) is 0 Å². The summed E-state index contributed by atoms with van der Waals surface area (Å²) < 4.78 is 74.8. The molecule has 1 aromatic carbocycles. The topological polar surface area (TPSA) is 34.1 Å². The predicted octanol–water partition coefficient (Wildman–Crippen LogP) is 6.83. The molecule has 0 fully saturated rings. The van der Waals surface area contributed by atoms with Crippen molar-refractivity contribution in [2.45, 2.75) is 32.9 Å². The normalized spacial score (nSPS) is 22.0. The number of allylic oxidation sites excluding steroid dienone is 3. The second-order valence-electron chi connectivity index (χ2n) is 5.80. The van der Waals surface area contributed by atoms with Crippen molar-refractivity contribution >= 4 is 67.0 Å². The monoisotopic (exact) mass is 566 g/mol.